The van der Waals surface area contributed by atoms with E-state index in [1.165, 1.54) is 4.88 Å². The van der Waals surface area contributed by atoms with E-state index in [9.17, 15) is 9.59 Å². The fourth-order valence-corrected chi connectivity index (χ4v) is 5.70. The molecule has 30 heavy (non-hydrogen) atoms. The van der Waals surface area contributed by atoms with Crippen LogP contribution in [0.15, 0.2) is 10.5 Å². The molecule has 162 valence electrons. The van der Waals surface area contributed by atoms with Gasteiger partial charge in [0, 0.05) is 10.9 Å². The van der Waals surface area contributed by atoms with Crippen LogP contribution >= 0.6 is 11.3 Å². The van der Waals surface area contributed by atoms with Gasteiger partial charge in [0.05, 0.1) is 11.1 Å². The quantitative estimate of drug-likeness (QED) is 0.625. The minimum atomic E-state index is -0.214. The van der Waals surface area contributed by atoms with Gasteiger partial charge in [-0.15, -0.1) is 11.3 Å². The van der Waals surface area contributed by atoms with Gasteiger partial charge in [0.15, 0.2) is 0 Å². The van der Waals surface area contributed by atoms with Crippen LogP contribution in [0, 0.1) is 25.2 Å². The largest absolute Gasteiger partial charge is 0.466 e. The Morgan fingerprint density at radius 3 is 2.53 bits per heavy atom. The van der Waals surface area contributed by atoms with Crippen molar-refractivity contribution in [2.75, 3.05) is 5.32 Å². The van der Waals surface area contributed by atoms with E-state index in [1.54, 1.807) is 24.3 Å². The molecule has 1 saturated carbocycles. The van der Waals surface area contributed by atoms with E-state index in [0.29, 0.717) is 33.6 Å². The summed E-state index contributed by atoms with van der Waals surface area (Å²) < 4.78 is 5.52. The number of thiophene rings is 1. The number of hydrogen-bond acceptors (Lipinski definition) is 4. The van der Waals surface area contributed by atoms with Gasteiger partial charge in [0.2, 0.25) is 0 Å². The van der Waals surface area contributed by atoms with Crippen LogP contribution in [0.3, 0.4) is 0 Å². The lowest BCUT2D eigenvalue weighted by atomic mass is 9.69. The molecular weight excluding hydrogens is 396 g/mol. The molecule has 6 heteroatoms. The lowest BCUT2D eigenvalue weighted by Crippen LogP contribution is -2.30. The Balaban J connectivity index is 1.66. The molecule has 0 spiro atoms. The van der Waals surface area contributed by atoms with Crippen LogP contribution in [-0.4, -0.2) is 17.9 Å². The second-order valence-corrected chi connectivity index (χ2v) is 10.6. The van der Waals surface area contributed by atoms with Crippen molar-refractivity contribution in [3.05, 3.63) is 39.2 Å². The fraction of sp³-hybridized carbons (Fsp3) is 0.583. The number of furan rings is 1. The number of rotatable bonds is 6. The number of hydrogen-bond donors (Lipinski definition) is 2. The van der Waals surface area contributed by atoms with E-state index in [-0.39, 0.29) is 23.3 Å². The normalized spacial score (nSPS) is 18.8. The zero-order valence-corrected chi connectivity index (χ0v) is 19.4. The molecule has 2 heterocycles. The number of anilines is 1. The summed E-state index contributed by atoms with van der Waals surface area (Å²) in [6, 6.07) is 2.03. The van der Waals surface area contributed by atoms with E-state index in [2.05, 4.69) is 31.4 Å². The lowest BCUT2D eigenvalue weighted by Gasteiger charge is -2.36. The van der Waals surface area contributed by atoms with Crippen molar-refractivity contribution < 1.29 is 14.0 Å². The first-order valence-corrected chi connectivity index (χ1v) is 11.8. The Bertz CT molecular complexity index is 981. The summed E-state index contributed by atoms with van der Waals surface area (Å²) in [7, 11) is 0. The maximum Gasteiger partial charge on any atom is 0.259 e. The molecule has 1 fully saturated rings. The lowest BCUT2D eigenvalue weighted by molar-refractivity contribution is 0.0950. The first-order chi connectivity index (χ1) is 14.2. The second kappa shape index (κ2) is 7.88. The van der Waals surface area contributed by atoms with Gasteiger partial charge in [-0.2, -0.15) is 0 Å². The highest BCUT2D eigenvalue weighted by molar-refractivity contribution is 7.17. The first kappa shape index (κ1) is 21.2. The van der Waals surface area contributed by atoms with E-state index in [0.717, 1.165) is 44.1 Å². The van der Waals surface area contributed by atoms with Crippen molar-refractivity contribution in [1.29, 1.82) is 0 Å². The predicted octanol–water partition coefficient (Wildman–Crippen LogP) is 5.64. The molecule has 0 aromatic carbocycles. The Morgan fingerprint density at radius 2 is 1.93 bits per heavy atom. The number of fused-ring (bicyclic) bond motifs is 1. The minimum Gasteiger partial charge on any atom is -0.466 e. The Labute approximate surface area is 182 Å². The Morgan fingerprint density at radius 1 is 1.20 bits per heavy atom. The summed E-state index contributed by atoms with van der Waals surface area (Å²) >= 11 is 1.58. The highest BCUT2D eigenvalue weighted by Gasteiger charge is 2.36. The van der Waals surface area contributed by atoms with Crippen LogP contribution in [0.4, 0.5) is 5.00 Å². The average Bonchev–Trinajstić information content (AvgIpc) is 3.33. The second-order valence-electron chi connectivity index (χ2n) is 9.52. The first-order valence-electron chi connectivity index (χ1n) is 11.0. The summed E-state index contributed by atoms with van der Waals surface area (Å²) in [6.45, 7) is 10.5. The third kappa shape index (κ3) is 4.07. The van der Waals surface area contributed by atoms with Crippen molar-refractivity contribution in [3.63, 3.8) is 0 Å². The molecule has 2 aromatic heterocycles. The number of aryl methyl sites for hydroxylation is 2. The summed E-state index contributed by atoms with van der Waals surface area (Å²) in [5.74, 6) is 1.64. The SMILES string of the molecule is CCC(C)(C)[C@@H]1CCc2c(sc(NC(=O)c3cc(C)oc3C)c2C(=O)NC2CC2)C1. The molecule has 2 amide bonds. The van der Waals surface area contributed by atoms with Crippen LogP contribution in [0.5, 0.6) is 0 Å². The van der Waals surface area contributed by atoms with Gasteiger partial charge < -0.3 is 15.1 Å². The summed E-state index contributed by atoms with van der Waals surface area (Å²) in [4.78, 5) is 27.3. The van der Waals surface area contributed by atoms with Gasteiger partial charge in [-0.3, -0.25) is 9.59 Å². The molecular formula is C24H32N2O3S. The number of carbonyl (C=O) groups is 2. The van der Waals surface area contributed by atoms with Gasteiger partial charge in [0.25, 0.3) is 11.8 Å². The topological polar surface area (TPSA) is 71.3 Å². The van der Waals surface area contributed by atoms with Crippen molar-refractivity contribution in [1.82, 2.24) is 5.32 Å². The van der Waals surface area contributed by atoms with Gasteiger partial charge in [-0.1, -0.05) is 27.2 Å². The highest BCUT2D eigenvalue weighted by atomic mass is 32.1. The zero-order valence-electron chi connectivity index (χ0n) is 18.6. The van der Waals surface area contributed by atoms with Crippen molar-refractivity contribution in [3.8, 4) is 0 Å². The monoisotopic (exact) mass is 428 g/mol. The van der Waals surface area contributed by atoms with Gasteiger partial charge in [-0.25, -0.2) is 0 Å². The number of amides is 2. The standard InChI is InChI=1S/C24H32N2O3S/c1-6-24(4,5)15-7-10-17-19(12-15)30-23(20(17)22(28)25-16-8-9-16)26-21(27)18-11-13(2)29-14(18)3/h11,15-16H,6-10,12H2,1-5H3,(H,25,28)(H,26,27)/t15-/m1/s1. The maximum absolute atomic E-state index is 13.1. The van der Waals surface area contributed by atoms with Crippen LogP contribution in [0.2, 0.25) is 0 Å². The van der Waals surface area contributed by atoms with Crippen LogP contribution in [0.25, 0.3) is 0 Å². The summed E-state index contributed by atoms with van der Waals surface area (Å²) in [5, 5.41) is 6.84. The molecule has 2 aromatic rings. The molecule has 2 N–H and O–H groups in total. The van der Waals surface area contributed by atoms with Crippen LogP contribution < -0.4 is 10.6 Å². The molecule has 0 unspecified atom stereocenters. The van der Waals surface area contributed by atoms with Crippen molar-refractivity contribution in [2.24, 2.45) is 11.3 Å². The Hall–Kier alpha value is -2.08. The summed E-state index contributed by atoms with van der Waals surface area (Å²) in [6.07, 6.45) is 6.18. The van der Waals surface area contributed by atoms with Gasteiger partial charge >= 0.3 is 0 Å². The zero-order chi connectivity index (χ0) is 21.6. The number of carbonyl (C=O) groups excluding carboxylic acids is 2. The molecule has 4 rings (SSSR count). The molecule has 2 aliphatic rings. The van der Waals surface area contributed by atoms with Crippen molar-refractivity contribution >= 4 is 28.2 Å². The average molecular weight is 429 g/mol. The molecule has 0 radical (unpaired) electrons. The van der Waals surface area contributed by atoms with E-state index < -0.39 is 0 Å². The molecule has 5 nitrogen and oxygen atoms in total. The van der Waals surface area contributed by atoms with Gasteiger partial charge in [-0.05, 0) is 68.9 Å². The van der Waals surface area contributed by atoms with Crippen LogP contribution in [-0.2, 0) is 12.8 Å². The minimum absolute atomic E-state index is 0.0430. The van der Waals surface area contributed by atoms with Gasteiger partial charge in [0.1, 0.15) is 16.5 Å². The molecule has 0 saturated heterocycles. The Kier molecular flexibility index (Phi) is 5.56. The fourth-order valence-electron chi connectivity index (χ4n) is 4.38. The molecule has 0 aliphatic heterocycles. The molecule has 1 atom stereocenters. The van der Waals surface area contributed by atoms with E-state index in [4.69, 9.17) is 4.42 Å². The van der Waals surface area contributed by atoms with Crippen LogP contribution in [0.1, 0.15) is 89.1 Å². The maximum atomic E-state index is 13.1. The third-order valence-corrected chi connectivity index (χ3v) is 8.10. The molecule has 0 bridgehead atoms. The smallest absolute Gasteiger partial charge is 0.259 e. The highest BCUT2D eigenvalue weighted by Crippen LogP contribution is 2.45. The van der Waals surface area contributed by atoms with Crippen molar-refractivity contribution in [2.45, 2.75) is 79.2 Å². The van der Waals surface area contributed by atoms with E-state index in [1.807, 2.05) is 6.92 Å². The number of nitrogens with one attached hydrogen (secondary N) is 2. The van der Waals surface area contributed by atoms with E-state index >= 15 is 0 Å². The predicted molar refractivity (Wildman–Crippen MR) is 121 cm³/mol. The molecule has 2 aliphatic carbocycles. The summed E-state index contributed by atoms with van der Waals surface area (Å²) in [5.41, 5.74) is 2.61. The third-order valence-electron chi connectivity index (χ3n) is 6.93.